The van der Waals surface area contributed by atoms with Gasteiger partial charge in [-0.2, -0.15) is 0 Å². The zero-order chi connectivity index (χ0) is 14.8. The molecule has 4 heterocycles. The molecule has 0 atom stereocenters. The molecule has 0 amide bonds. The Balaban J connectivity index is 1.50. The van der Waals surface area contributed by atoms with Gasteiger partial charge < -0.3 is 0 Å². The fraction of sp³-hybridized carbons (Fsp3) is 0.278. The summed E-state index contributed by atoms with van der Waals surface area (Å²) in [6.45, 7) is 3.09. The summed E-state index contributed by atoms with van der Waals surface area (Å²) in [6.07, 6.45) is 7.59. The number of rotatable bonds is 3. The molecule has 0 bridgehead atoms. The van der Waals surface area contributed by atoms with Crippen LogP contribution >= 0.6 is 0 Å². The zero-order valence-electron chi connectivity index (χ0n) is 12.4. The first-order valence-corrected chi connectivity index (χ1v) is 7.73. The van der Waals surface area contributed by atoms with Gasteiger partial charge in [-0.15, -0.1) is 0 Å². The largest absolute Gasteiger partial charge is 0.298 e. The van der Waals surface area contributed by atoms with Crippen molar-refractivity contribution in [1.29, 1.82) is 0 Å². The number of aromatic nitrogens is 3. The van der Waals surface area contributed by atoms with Crippen molar-refractivity contribution in [1.82, 2.24) is 19.9 Å². The van der Waals surface area contributed by atoms with Crippen molar-refractivity contribution in [2.45, 2.75) is 19.4 Å². The van der Waals surface area contributed by atoms with Gasteiger partial charge in [0.1, 0.15) is 0 Å². The first kappa shape index (κ1) is 13.3. The van der Waals surface area contributed by atoms with Gasteiger partial charge in [0.2, 0.25) is 0 Å². The highest BCUT2D eigenvalue weighted by Gasteiger charge is 2.18. The van der Waals surface area contributed by atoms with Crippen molar-refractivity contribution < 1.29 is 0 Å². The molecule has 3 aromatic heterocycles. The molecule has 0 saturated heterocycles. The van der Waals surface area contributed by atoms with Crippen molar-refractivity contribution in [2.75, 3.05) is 13.1 Å². The minimum atomic E-state index is 0.972. The lowest BCUT2D eigenvalue weighted by atomic mass is 10.0. The number of fused-ring (bicyclic) bond motifs is 2. The summed E-state index contributed by atoms with van der Waals surface area (Å²) in [4.78, 5) is 15.9. The Kier molecular flexibility index (Phi) is 3.52. The maximum atomic E-state index is 4.79. The van der Waals surface area contributed by atoms with Crippen LogP contribution in [0.3, 0.4) is 0 Å². The standard InChI is InChI=1S/C18H18N4/c1-2-7-20-16(3-1)5-9-22-10-6-18-15(13-22)11-14-12-19-8-4-17(14)21-18/h1-4,7-8,11-12H,5-6,9-10,13H2. The van der Waals surface area contributed by atoms with Gasteiger partial charge in [-0.05, 0) is 29.8 Å². The van der Waals surface area contributed by atoms with Crippen LogP contribution in [-0.4, -0.2) is 32.9 Å². The summed E-state index contributed by atoms with van der Waals surface area (Å²) < 4.78 is 0. The van der Waals surface area contributed by atoms with Crippen LogP contribution in [0.25, 0.3) is 10.9 Å². The van der Waals surface area contributed by atoms with Crippen LogP contribution < -0.4 is 0 Å². The second kappa shape index (κ2) is 5.81. The quantitative estimate of drug-likeness (QED) is 0.743. The Hall–Kier alpha value is -2.33. The number of pyridine rings is 3. The van der Waals surface area contributed by atoms with E-state index in [0.29, 0.717) is 0 Å². The van der Waals surface area contributed by atoms with E-state index in [1.165, 1.54) is 11.3 Å². The molecule has 4 heteroatoms. The molecule has 3 aromatic rings. The Morgan fingerprint density at radius 2 is 2.14 bits per heavy atom. The Labute approximate surface area is 129 Å². The van der Waals surface area contributed by atoms with Crippen LogP contribution in [0.1, 0.15) is 17.0 Å². The van der Waals surface area contributed by atoms with E-state index < -0.39 is 0 Å². The number of hydrogen-bond acceptors (Lipinski definition) is 4. The molecule has 0 aliphatic carbocycles. The Morgan fingerprint density at radius 1 is 1.14 bits per heavy atom. The third kappa shape index (κ3) is 2.70. The first-order valence-electron chi connectivity index (χ1n) is 7.73. The van der Waals surface area contributed by atoms with Gasteiger partial charge in [-0.3, -0.25) is 19.9 Å². The van der Waals surface area contributed by atoms with Crippen molar-refractivity contribution >= 4 is 10.9 Å². The van der Waals surface area contributed by atoms with Gasteiger partial charge in [0, 0.05) is 67.8 Å². The third-order valence-electron chi connectivity index (χ3n) is 4.25. The molecule has 0 aromatic carbocycles. The molecule has 0 spiro atoms. The summed E-state index contributed by atoms with van der Waals surface area (Å²) in [7, 11) is 0. The molecule has 0 fully saturated rings. The van der Waals surface area contributed by atoms with Gasteiger partial charge in [0.15, 0.2) is 0 Å². The van der Waals surface area contributed by atoms with E-state index in [-0.39, 0.29) is 0 Å². The average Bonchev–Trinajstić information content (AvgIpc) is 2.59. The van der Waals surface area contributed by atoms with Gasteiger partial charge >= 0.3 is 0 Å². The SMILES string of the molecule is c1ccc(CCN2CCc3nc4ccncc4cc3C2)nc1. The molecule has 0 radical (unpaired) electrons. The second-order valence-electron chi connectivity index (χ2n) is 5.76. The van der Waals surface area contributed by atoms with E-state index >= 15 is 0 Å². The van der Waals surface area contributed by atoms with Gasteiger partial charge in [0.25, 0.3) is 0 Å². The third-order valence-corrected chi connectivity index (χ3v) is 4.25. The molecular weight excluding hydrogens is 272 g/mol. The zero-order valence-corrected chi connectivity index (χ0v) is 12.4. The topological polar surface area (TPSA) is 41.9 Å². The van der Waals surface area contributed by atoms with Crippen molar-refractivity contribution in [2.24, 2.45) is 0 Å². The smallest absolute Gasteiger partial charge is 0.0736 e. The highest BCUT2D eigenvalue weighted by Crippen LogP contribution is 2.21. The Bertz CT molecular complexity index is 785. The minimum Gasteiger partial charge on any atom is -0.298 e. The molecule has 0 saturated carbocycles. The molecule has 0 unspecified atom stereocenters. The molecular formula is C18H18N4. The average molecular weight is 290 g/mol. The molecule has 110 valence electrons. The molecule has 22 heavy (non-hydrogen) atoms. The second-order valence-corrected chi connectivity index (χ2v) is 5.76. The molecule has 4 nitrogen and oxygen atoms in total. The Morgan fingerprint density at radius 3 is 3.05 bits per heavy atom. The van der Waals surface area contributed by atoms with Crippen LogP contribution in [0, 0.1) is 0 Å². The fourth-order valence-electron chi connectivity index (χ4n) is 3.05. The summed E-state index contributed by atoms with van der Waals surface area (Å²) in [5.74, 6) is 0. The van der Waals surface area contributed by atoms with Crippen molar-refractivity contribution in [3.05, 3.63) is 65.9 Å². The maximum Gasteiger partial charge on any atom is 0.0736 e. The normalized spacial score (nSPS) is 14.9. The van der Waals surface area contributed by atoms with Gasteiger partial charge in [-0.1, -0.05) is 6.07 Å². The number of hydrogen-bond donors (Lipinski definition) is 0. The highest BCUT2D eigenvalue weighted by molar-refractivity contribution is 5.78. The van der Waals surface area contributed by atoms with E-state index in [4.69, 9.17) is 4.98 Å². The minimum absolute atomic E-state index is 0.972. The van der Waals surface area contributed by atoms with E-state index in [0.717, 1.165) is 49.1 Å². The summed E-state index contributed by atoms with van der Waals surface area (Å²) in [6, 6.07) is 10.3. The van der Waals surface area contributed by atoms with Gasteiger partial charge in [-0.25, -0.2) is 0 Å². The van der Waals surface area contributed by atoms with Crippen molar-refractivity contribution in [3.8, 4) is 0 Å². The van der Waals surface area contributed by atoms with Crippen LogP contribution in [0.15, 0.2) is 48.9 Å². The summed E-state index contributed by atoms with van der Waals surface area (Å²) in [5, 5.41) is 1.13. The van der Waals surface area contributed by atoms with Crippen LogP contribution in [-0.2, 0) is 19.4 Å². The van der Waals surface area contributed by atoms with Gasteiger partial charge in [0.05, 0.1) is 5.52 Å². The first-order chi connectivity index (χ1) is 10.9. The fourth-order valence-corrected chi connectivity index (χ4v) is 3.05. The number of nitrogens with zero attached hydrogens (tertiary/aromatic N) is 4. The molecule has 4 rings (SSSR count). The van der Waals surface area contributed by atoms with Crippen molar-refractivity contribution in [3.63, 3.8) is 0 Å². The van der Waals surface area contributed by atoms with Crippen LogP contribution in [0.5, 0.6) is 0 Å². The van der Waals surface area contributed by atoms with Crippen LogP contribution in [0.2, 0.25) is 0 Å². The van der Waals surface area contributed by atoms with E-state index in [1.807, 2.05) is 30.7 Å². The van der Waals surface area contributed by atoms with E-state index in [9.17, 15) is 0 Å². The molecule has 1 aliphatic rings. The predicted octanol–water partition coefficient (Wildman–Crippen LogP) is 2.63. The van der Waals surface area contributed by atoms with Crippen LogP contribution in [0.4, 0.5) is 0 Å². The summed E-state index contributed by atoms with van der Waals surface area (Å²) in [5.41, 5.74) is 4.80. The summed E-state index contributed by atoms with van der Waals surface area (Å²) >= 11 is 0. The van der Waals surface area contributed by atoms with E-state index in [1.54, 1.807) is 0 Å². The maximum absolute atomic E-state index is 4.79. The monoisotopic (exact) mass is 290 g/mol. The lowest BCUT2D eigenvalue weighted by Crippen LogP contribution is -2.32. The molecule has 0 N–H and O–H groups in total. The lowest BCUT2D eigenvalue weighted by Gasteiger charge is -2.28. The predicted molar refractivity (Wildman–Crippen MR) is 86.5 cm³/mol. The lowest BCUT2D eigenvalue weighted by molar-refractivity contribution is 0.255. The molecule has 1 aliphatic heterocycles. The van der Waals surface area contributed by atoms with E-state index in [2.05, 4.69) is 33.1 Å². The highest BCUT2D eigenvalue weighted by atomic mass is 15.1.